The Labute approximate surface area is 102 Å². The van der Waals surface area contributed by atoms with Crippen LogP contribution in [0, 0.1) is 11.8 Å². The molecule has 2 heteroatoms. The monoisotopic (exact) mass is 226 g/mol. The summed E-state index contributed by atoms with van der Waals surface area (Å²) in [6.07, 6.45) is 4.23. The van der Waals surface area contributed by atoms with E-state index in [1.54, 1.807) is 0 Å². The van der Waals surface area contributed by atoms with E-state index in [-0.39, 0.29) is 0 Å². The van der Waals surface area contributed by atoms with Crippen molar-refractivity contribution in [2.75, 3.05) is 20.1 Å². The first-order valence-electron chi connectivity index (χ1n) is 6.96. The van der Waals surface area contributed by atoms with E-state index < -0.39 is 0 Å². The fourth-order valence-electron chi connectivity index (χ4n) is 2.75. The molecule has 1 rings (SSSR count). The SMILES string of the molecule is CC1CCCC(C)C1NCCN(C)C(C)C. The van der Waals surface area contributed by atoms with Gasteiger partial charge in [-0.15, -0.1) is 0 Å². The van der Waals surface area contributed by atoms with Crippen LogP contribution in [-0.4, -0.2) is 37.1 Å². The lowest BCUT2D eigenvalue weighted by Crippen LogP contribution is -2.45. The maximum absolute atomic E-state index is 3.77. The Morgan fingerprint density at radius 3 is 2.25 bits per heavy atom. The van der Waals surface area contributed by atoms with Crippen molar-refractivity contribution in [3.8, 4) is 0 Å². The molecule has 1 aliphatic carbocycles. The van der Waals surface area contributed by atoms with Gasteiger partial charge in [-0.25, -0.2) is 0 Å². The Kier molecular flexibility index (Phi) is 5.77. The summed E-state index contributed by atoms with van der Waals surface area (Å²) in [4.78, 5) is 2.41. The van der Waals surface area contributed by atoms with E-state index in [2.05, 4.69) is 45.0 Å². The third-order valence-corrected chi connectivity index (χ3v) is 4.27. The standard InChI is InChI=1S/C14H30N2/c1-11(2)16(5)10-9-15-14-12(3)7-6-8-13(14)4/h11-15H,6-10H2,1-5H3. The summed E-state index contributed by atoms with van der Waals surface area (Å²) in [6, 6.07) is 1.40. The third-order valence-electron chi connectivity index (χ3n) is 4.27. The molecule has 0 aromatic rings. The number of hydrogen-bond acceptors (Lipinski definition) is 2. The van der Waals surface area contributed by atoms with Crippen molar-refractivity contribution in [3.05, 3.63) is 0 Å². The van der Waals surface area contributed by atoms with Crippen LogP contribution in [0.15, 0.2) is 0 Å². The summed E-state index contributed by atoms with van der Waals surface area (Å²) < 4.78 is 0. The summed E-state index contributed by atoms with van der Waals surface area (Å²) in [6.45, 7) is 11.6. The van der Waals surface area contributed by atoms with Gasteiger partial charge in [0.05, 0.1) is 0 Å². The fourth-order valence-corrected chi connectivity index (χ4v) is 2.75. The van der Waals surface area contributed by atoms with E-state index in [0.717, 1.165) is 31.0 Å². The molecule has 0 bridgehead atoms. The normalized spacial score (nSPS) is 31.3. The van der Waals surface area contributed by atoms with Crippen LogP contribution >= 0.6 is 0 Å². The van der Waals surface area contributed by atoms with Gasteiger partial charge in [0.25, 0.3) is 0 Å². The molecule has 0 aromatic heterocycles. The van der Waals surface area contributed by atoms with Gasteiger partial charge in [-0.3, -0.25) is 0 Å². The molecule has 0 saturated heterocycles. The van der Waals surface area contributed by atoms with E-state index in [1.807, 2.05) is 0 Å². The van der Waals surface area contributed by atoms with Crippen molar-refractivity contribution in [2.45, 2.75) is 59.0 Å². The average Bonchev–Trinajstić information content (AvgIpc) is 2.22. The van der Waals surface area contributed by atoms with Crippen molar-refractivity contribution < 1.29 is 0 Å². The summed E-state index contributed by atoms with van der Waals surface area (Å²) in [5.74, 6) is 1.71. The molecule has 1 fully saturated rings. The number of hydrogen-bond donors (Lipinski definition) is 1. The van der Waals surface area contributed by atoms with Gasteiger partial charge in [-0.05, 0) is 45.6 Å². The molecule has 0 aliphatic heterocycles. The molecule has 2 nitrogen and oxygen atoms in total. The summed E-state index contributed by atoms with van der Waals surface area (Å²) in [7, 11) is 2.21. The Morgan fingerprint density at radius 1 is 1.19 bits per heavy atom. The highest BCUT2D eigenvalue weighted by molar-refractivity contribution is 4.83. The fraction of sp³-hybridized carbons (Fsp3) is 1.00. The zero-order chi connectivity index (χ0) is 12.1. The molecule has 96 valence electrons. The second-order valence-electron chi connectivity index (χ2n) is 5.94. The van der Waals surface area contributed by atoms with Gasteiger partial charge >= 0.3 is 0 Å². The minimum Gasteiger partial charge on any atom is -0.312 e. The number of nitrogens with zero attached hydrogens (tertiary/aromatic N) is 1. The topological polar surface area (TPSA) is 15.3 Å². The second kappa shape index (κ2) is 6.61. The van der Waals surface area contributed by atoms with E-state index in [4.69, 9.17) is 0 Å². The van der Waals surface area contributed by atoms with Crippen molar-refractivity contribution in [1.82, 2.24) is 10.2 Å². The van der Waals surface area contributed by atoms with E-state index in [9.17, 15) is 0 Å². The molecule has 0 amide bonds. The third kappa shape index (κ3) is 4.06. The highest BCUT2D eigenvalue weighted by atomic mass is 15.1. The van der Waals surface area contributed by atoms with Gasteiger partial charge in [0, 0.05) is 25.2 Å². The lowest BCUT2D eigenvalue weighted by Gasteiger charge is -2.36. The highest BCUT2D eigenvalue weighted by Crippen LogP contribution is 2.28. The molecular formula is C14H30N2. The zero-order valence-corrected chi connectivity index (χ0v) is 11.8. The molecule has 2 unspecified atom stereocenters. The van der Waals surface area contributed by atoms with Crippen LogP contribution < -0.4 is 5.32 Å². The first kappa shape index (κ1) is 14.0. The Hall–Kier alpha value is -0.0800. The lowest BCUT2D eigenvalue weighted by molar-refractivity contribution is 0.195. The lowest BCUT2D eigenvalue weighted by atomic mass is 9.79. The van der Waals surface area contributed by atoms with Crippen LogP contribution in [0.2, 0.25) is 0 Å². The summed E-state index contributed by atoms with van der Waals surface area (Å²) >= 11 is 0. The quantitative estimate of drug-likeness (QED) is 0.775. The first-order valence-corrected chi connectivity index (χ1v) is 6.96. The second-order valence-corrected chi connectivity index (χ2v) is 5.94. The molecule has 0 radical (unpaired) electrons. The van der Waals surface area contributed by atoms with Gasteiger partial charge < -0.3 is 10.2 Å². The van der Waals surface area contributed by atoms with Crippen LogP contribution in [0.25, 0.3) is 0 Å². The Morgan fingerprint density at radius 2 is 1.75 bits per heavy atom. The Balaban J connectivity index is 2.25. The summed E-state index contributed by atoms with van der Waals surface area (Å²) in [5.41, 5.74) is 0. The van der Waals surface area contributed by atoms with Gasteiger partial charge in [-0.2, -0.15) is 0 Å². The van der Waals surface area contributed by atoms with Crippen LogP contribution in [0.3, 0.4) is 0 Å². The maximum atomic E-state index is 3.77. The molecule has 0 spiro atoms. The van der Waals surface area contributed by atoms with Crippen molar-refractivity contribution in [1.29, 1.82) is 0 Å². The molecule has 16 heavy (non-hydrogen) atoms. The number of rotatable bonds is 5. The van der Waals surface area contributed by atoms with Gasteiger partial charge in [0.2, 0.25) is 0 Å². The maximum Gasteiger partial charge on any atom is 0.0119 e. The smallest absolute Gasteiger partial charge is 0.0119 e. The molecule has 1 saturated carbocycles. The molecule has 2 atom stereocenters. The zero-order valence-electron chi connectivity index (χ0n) is 11.8. The van der Waals surface area contributed by atoms with Gasteiger partial charge in [-0.1, -0.05) is 20.3 Å². The minimum atomic E-state index is 0.656. The van der Waals surface area contributed by atoms with Crippen molar-refractivity contribution >= 4 is 0 Å². The number of nitrogens with one attached hydrogen (secondary N) is 1. The van der Waals surface area contributed by atoms with Crippen LogP contribution in [0.5, 0.6) is 0 Å². The first-order chi connectivity index (χ1) is 7.52. The summed E-state index contributed by atoms with van der Waals surface area (Å²) in [5, 5.41) is 3.77. The Bertz CT molecular complexity index is 181. The molecule has 1 N–H and O–H groups in total. The van der Waals surface area contributed by atoms with Crippen LogP contribution in [0.1, 0.15) is 47.0 Å². The number of likely N-dealkylation sites (N-methyl/N-ethyl adjacent to an activating group) is 1. The minimum absolute atomic E-state index is 0.656. The molecule has 0 aromatic carbocycles. The van der Waals surface area contributed by atoms with Crippen LogP contribution in [-0.2, 0) is 0 Å². The van der Waals surface area contributed by atoms with E-state index in [1.165, 1.54) is 19.3 Å². The van der Waals surface area contributed by atoms with Crippen molar-refractivity contribution in [3.63, 3.8) is 0 Å². The predicted octanol–water partition coefficient (Wildman–Crippen LogP) is 2.74. The molecule has 0 heterocycles. The largest absolute Gasteiger partial charge is 0.312 e. The van der Waals surface area contributed by atoms with E-state index in [0.29, 0.717) is 6.04 Å². The van der Waals surface area contributed by atoms with Gasteiger partial charge in [0.15, 0.2) is 0 Å². The van der Waals surface area contributed by atoms with Crippen molar-refractivity contribution in [2.24, 2.45) is 11.8 Å². The highest BCUT2D eigenvalue weighted by Gasteiger charge is 2.26. The predicted molar refractivity (Wildman–Crippen MR) is 71.7 cm³/mol. The van der Waals surface area contributed by atoms with Crippen LogP contribution in [0.4, 0.5) is 0 Å². The van der Waals surface area contributed by atoms with Gasteiger partial charge in [0.1, 0.15) is 0 Å². The van der Waals surface area contributed by atoms with E-state index >= 15 is 0 Å². The molecule has 1 aliphatic rings. The average molecular weight is 226 g/mol. The molecular weight excluding hydrogens is 196 g/mol.